The minimum atomic E-state index is -1.06. The van der Waals surface area contributed by atoms with E-state index in [4.69, 9.17) is 9.94 Å². The molecule has 0 aromatic carbocycles. The minimum absolute atomic E-state index is 0.329. The second-order valence-corrected chi connectivity index (χ2v) is 3.80. The Labute approximate surface area is 88.4 Å². The molecule has 0 aromatic rings. The van der Waals surface area contributed by atoms with Crippen molar-refractivity contribution in [2.24, 2.45) is 0 Å². The van der Waals surface area contributed by atoms with E-state index in [1.54, 1.807) is 6.92 Å². The van der Waals surface area contributed by atoms with Crippen molar-refractivity contribution < 1.29 is 19.5 Å². The van der Waals surface area contributed by atoms with Crippen LogP contribution in [0.5, 0.6) is 0 Å². The van der Waals surface area contributed by atoms with E-state index in [0.717, 1.165) is 5.06 Å². The Morgan fingerprint density at radius 2 is 2.13 bits per heavy atom. The minimum Gasteiger partial charge on any atom is -0.465 e. The van der Waals surface area contributed by atoms with E-state index in [1.807, 2.05) is 0 Å². The van der Waals surface area contributed by atoms with Gasteiger partial charge in [0, 0.05) is 13.6 Å². The highest BCUT2D eigenvalue weighted by atomic mass is 16.7. The van der Waals surface area contributed by atoms with Crippen LogP contribution in [0.2, 0.25) is 0 Å². The van der Waals surface area contributed by atoms with E-state index in [9.17, 15) is 9.59 Å². The quantitative estimate of drug-likeness (QED) is 0.684. The first-order valence-electron chi connectivity index (χ1n) is 4.76. The van der Waals surface area contributed by atoms with Crippen molar-refractivity contribution >= 4 is 12.0 Å². The number of nitrogens with zero attached hydrogens (tertiary/aromatic N) is 2. The van der Waals surface area contributed by atoms with Crippen molar-refractivity contribution in [3.8, 4) is 0 Å². The van der Waals surface area contributed by atoms with Crippen molar-refractivity contribution in [1.82, 2.24) is 9.96 Å². The summed E-state index contributed by atoms with van der Waals surface area (Å²) in [6, 6.07) is 0. The first-order chi connectivity index (χ1) is 6.93. The first-order valence-corrected chi connectivity index (χ1v) is 4.76. The summed E-state index contributed by atoms with van der Waals surface area (Å²) in [6.07, 6.45) is 0.172. The van der Waals surface area contributed by atoms with Gasteiger partial charge in [-0.05, 0) is 19.8 Å². The predicted molar refractivity (Wildman–Crippen MR) is 52.1 cm³/mol. The Bertz CT molecular complexity index is 281. The highest BCUT2D eigenvalue weighted by Crippen LogP contribution is 2.30. The zero-order valence-corrected chi connectivity index (χ0v) is 9.19. The Morgan fingerprint density at radius 1 is 1.53 bits per heavy atom. The molecule has 0 spiro atoms. The Morgan fingerprint density at radius 3 is 2.60 bits per heavy atom. The molecule has 1 saturated heterocycles. The average molecular weight is 216 g/mol. The van der Waals surface area contributed by atoms with Gasteiger partial charge in [-0.25, -0.2) is 9.86 Å². The third-order valence-electron chi connectivity index (χ3n) is 2.89. The summed E-state index contributed by atoms with van der Waals surface area (Å²) in [7, 11) is 2.85. The number of hydrogen-bond donors (Lipinski definition) is 1. The number of hydrogen-bond acceptors (Lipinski definition) is 3. The molecule has 1 rings (SSSR count). The topological polar surface area (TPSA) is 70.1 Å². The third kappa shape index (κ3) is 1.90. The van der Waals surface area contributed by atoms with Crippen molar-refractivity contribution in [1.29, 1.82) is 0 Å². The Balaban J connectivity index is 2.89. The van der Waals surface area contributed by atoms with Gasteiger partial charge in [0.1, 0.15) is 5.54 Å². The van der Waals surface area contributed by atoms with Gasteiger partial charge in [0.25, 0.3) is 5.91 Å². The maximum Gasteiger partial charge on any atom is 0.408 e. The maximum absolute atomic E-state index is 11.9. The van der Waals surface area contributed by atoms with E-state index in [0.29, 0.717) is 19.4 Å². The number of hydroxylamine groups is 2. The fourth-order valence-corrected chi connectivity index (χ4v) is 1.91. The second kappa shape index (κ2) is 4.06. The monoisotopic (exact) mass is 216 g/mol. The molecule has 1 heterocycles. The van der Waals surface area contributed by atoms with E-state index in [1.165, 1.54) is 19.1 Å². The zero-order valence-electron chi connectivity index (χ0n) is 9.19. The van der Waals surface area contributed by atoms with Crippen LogP contribution in [-0.4, -0.2) is 53.3 Å². The lowest BCUT2D eigenvalue weighted by molar-refractivity contribution is -0.178. The summed E-state index contributed by atoms with van der Waals surface area (Å²) in [5.41, 5.74) is -0.989. The molecule has 1 aliphatic heterocycles. The van der Waals surface area contributed by atoms with Crippen molar-refractivity contribution in [3.05, 3.63) is 0 Å². The second-order valence-electron chi connectivity index (χ2n) is 3.80. The summed E-state index contributed by atoms with van der Waals surface area (Å²) in [4.78, 5) is 28.8. The van der Waals surface area contributed by atoms with Crippen LogP contribution in [0.15, 0.2) is 0 Å². The van der Waals surface area contributed by atoms with Crippen molar-refractivity contribution in [2.75, 3.05) is 20.7 Å². The molecule has 6 heteroatoms. The number of carbonyl (C=O) groups excluding carboxylic acids is 1. The highest BCUT2D eigenvalue weighted by molar-refractivity contribution is 5.89. The molecule has 0 aliphatic carbocycles. The van der Waals surface area contributed by atoms with Crippen LogP contribution in [0.4, 0.5) is 4.79 Å². The van der Waals surface area contributed by atoms with E-state index in [-0.39, 0.29) is 5.91 Å². The van der Waals surface area contributed by atoms with Crippen LogP contribution in [0.25, 0.3) is 0 Å². The van der Waals surface area contributed by atoms with Crippen molar-refractivity contribution in [3.63, 3.8) is 0 Å². The molecule has 6 nitrogen and oxygen atoms in total. The summed E-state index contributed by atoms with van der Waals surface area (Å²) < 4.78 is 0. The van der Waals surface area contributed by atoms with Gasteiger partial charge in [0.2, 0.25) is 0 Å². The SMILES string of the molecule is CON(C)C(=O)[C@@]1(C)CCCN1C(=O)O. The lowest BCUT2D eigenvalue weighted by Crippen LogP contribution is -2.55. The molecule has 1 atom stereocenters. The van der Waals surface area contributed by atoms with E-state index in [2.05, 4.69) is 0 Å². The third-order valence-corrected chi connectivity index (χ3v) is 2.89. The Kier molecular flexibility index (Phi) is 3.18. The molecule has 0 radical (unpaired) electrons. The highest BCUT2D eigenvalue weighted by Gasteiger charge is 2.47. The maximum atomic E-state index is 11.9. The number of rotatable bonds is 2. The lowest BCUT2D eigenvalue weighted by atomic mass is 9.98. The summed E-state index contributed by atoms with van der Waals surface area (Å²) in [5, 5.41) is 10.0. The van der Waals surface area contributed by atoms with Gasteiger partial charge in [-0.1, -0.05) is 0 Å². The van der Waals surface area contributed by atoms with E-state index < -0.39 is 11.6 Å². The standard InChI is InChI=1S/C9H16N2O4/c1-9(7(12)10(2)15-3)5-4-6-11(9)8(13)14/h4-6H2,1-3H3,(H,13,14)/t9-/m1/s1. The molecule has 2 amide bonds. The molecule has 0 aromatic heterocycles. The molecule has 0 saturated carbocycles. The van der Waals surface area contributed by atoms with E-state index >= 15 is 0 Å². The normalized spacial score (nSPS) is 25.4. The molecular weight excluding hydrogens is 200 g/mol. The molecule has 1 N–H and O–H groups in total. The van der Waals surface area contributed by atoms with Crippen LogP contribution in [0.1, 0.15) is 19.8 Å². The summed E-state index contributed by atoms with van der Waals surface area (Å²) >= 11 is 0. The fourth-order valence-electron chi connectivity index (χ4n) is 1.91. The van der Waals surface area contributed by atoms with Crippen LogP contribution >= 0.6 is 0 Å². The largest absolute Gasteiger partial charge is 0.465 e. The zero-order chi connectivity index (χ0) is 11.6. The van der Waals surface area contributed by atoms with Gasteiger partial charge in [0.05, 0.1) is 7.11 Å². The van der Waals surface area contributed by atoms with Crippen molar-refractivity contribution in [2.45, 2.75) is 25.3 Å². The van der Waals surface area contributed by atoms with Gasteiger partial charge in [-0.2, -0.15) is 0 Å². The van der Waals surface area contributed by atoms with Crippen LogP contribution < -0.4 is 0 Å². The average Bonchev–Trinajstić information content (AvgIpc) is 2.59. The number of likely N-dealkylation sites (tertiary alicyclic amines) is 1. The van der Waals surface area contributed by atoms with Gasteiger partial charge < -0.3 is 5.11 Å². The predicted octanol–water partition coefficient (Wildman–Crippen LogP) is 0.539. The Hall–Kier alpha value is -1.30. The number of carboxylic acid groups (broad SMARTS) is 1. The van der Waals surface area contributed by atoms with Gasteiger partial charge in [0.15, 0.2) is 0 Å². The summed E-state index contributed by atoms with van der Waals surface area (Å²) in [6.45, 7) is 2.03. The van der Waals surface area contributed by atoms with Crippen LogP contribution in [0, 0.1) is 0 Å². The van der Waals surface area contributed by atoms with Crippen LogP contribution in [-0.2, 0) is 9.63 Å². The summed E-state index contributed by atoms with van der Waals surface area (Å²) in [5.74, 6) is -0.329. The molecule has 1 aliphatic rings. The first kappa shape index (κ1) is 11.8. The fraction of sp³-hybridized carbons (Fsp3) is 0.778. The molecule has 1 fully saturated rings. The smallest absolute Gasteiger partial charge is 0.408 e. The molecule has 15 heavy (non-hydrogen) atoms. The molecule has 86 valence electrons. The van der Waals surface area contributed by atoms with Gasteiger partial charge >= 0.3 is 6.09 Å². The van der Waals surface area contributed by atoms with Gasteiger partial charge in [-0.15, -0.1) is 0 Å². The van der Waals surface area contributed by atoms with Gasteiger partial charge in [-0.3, -0.25) is 14.5 Å². The lowest BCUT2D eigenvalue weighted by Gasteiger charge is -2.33. The van der Waals surface area contributed by atoms with Crippen LogP contribution in [0.3, 0.4) is 0 Å². The number of amides is 2. The molecule has 0 unspecified atom stereocenters. The molecular formula is C9H16N2O4. The number of likely N-dealkylation sites (N-methyl/N-ethyl adjacent to an activating group) is 1. The molecule has 0 bridgehead atoms. The number of carbonyl (C=O) groups is 2.